The zero-order valence-electron chi connectivity index (χ0n) is 24.0. The summed E-state index contributed by atoms with van der Waals surface area (Å²) >= 11 is 0. The van der Waals surface area contributed by atoms with Crippen LogP contribution >= 0.6 is 0 Å². The fraction of sp³-hybridized carbons (Fsp3) is 0.0952. The van der Waals surface area contributed by atoms with Crippen molar-refractivity contribution in [2.75, 3.05) is 0 Å². The van der Waals surface area contributed by atoms with Crippen LogP contribution in [-0.2, 0) is 5.41 Å². The van der Waals surface area contributed by atoms with Crippen molar-refractivity contribution in [1.82, 2.24) is 0 Å². The van der Waals surface area contributed by atoms with E-state index in [2.05, 4.69) is 165 Å². The number of fused-ring (bicyclic) bond motifs is 5. The molecule has 0 bridgehead atoms. The molecule has 0 saturated carbocycles. The molecule has 0 spiro atoms. The van der Waals surface area contributed by atoms with E-state index < -0.39 is 0 Å². The normalized spacial score (nSPS) is 20.3. The van der Waals surface area contributed by atoms with E-state index >= 15 is 0 Å². The summed E-state index contributed by atoms with van der Waals surface area (Å²) in [6.07, 6.45) is 9.37. The van der Waals surface area contributed by atoms with E-state index in [0.29, 0.717) is 0 Å². The highest BCUT2D eigenvalue weighted by atomic mass is 16.5. The average Bonchev–Trinajstić information content (AvgIpc) is 3.31. The summed E-state index contributed by atoms with van der Waals surface area (Å²) in [4.78, 5) is 0. The molecule has 9 rings (SSSR count). The molecule has 1 aliphatic heterocycles. The molecule has 0 amide bonds. The molecule has 2 atom stereocenters. The van der Waals surface area contributed by atoms with E-state index in [9.17, 15) is 0 Å². The van der Waals surface area contributed by atoms with Crippen molar-refractivity contribution < 1.29 is 4.74 Å². The van der Waals surface area contributed by atoms with Crippen LogP contribution in [0, 0.1) is 5.41 Å². The van der Waals surface area contributed by atoms with E-state index in [4.69, 9.17) is 4.74 Å². The maximum atomic E-state index is 6.61. The number of ether oxygens (including phenoxy) is 1. The predicted molar refractivity (Wildman–Crippen MR) is 177 cm³/mol. The van der Waals surface area contributed by atoms with Gasteiger partial charge in [-0.2, -0.15) is 0 Å². The number of hydrogen-bond acceptors (Lipinski definition) is 1. The van der Waals surface area contributed by atoms with Crippen molar-refractivity contribution in [2.24, 2.45) is 5.41 Å². The smallest absolute Gasteiger partial charge is 0.135 e. The largest absolute Gasteiger partial charge is 0.456 e. The highest BCUT2D eigenvalue weighted by Crippen LogP contribution is 2.68. The van der Waals surface area contributed by atoms with Gasteiger partial charge in [0.1, 0.15) is 11.5 Å². The second-order valence-corrected chi connectivity index (χ2v) is 12.2. The molecule has 0 radical (unpaired) electrons. The van der Waals surface area contributed by atoms with Gasteiger partial charge in [-0.1, -0.05) is 153 Å². The van der Waals surface area contributed by atoms with Crippen molar-refractivity contribution in [3.05, 3.63) is 180 Å². The zero-order valence-corrected chi connectivity index (χ0v) is 24.0. The first-order valence-electron chi connectivity index (χ1n) is 15.2. The van der Waals surface area contributed by atoms with Crippen LogP contribution in [-0.4, -0.2) is 0 Å². The minimum absolute atomic E-state index is 0.188. The standard InChI is InChI=1S/C42H30O/c1-41-27-9-8-23-34(41)40-32(20-12-24-35(40)42(41,29-16-4-2-5-17-29)30-18-6-3-7-19-30)31-21-13-26-37-39(31)33-22-10-14-28-15-11-25-36(43-37)38(28)33/h2-27,34H,1H3. The van der Waals surface area contributed by atoms with Gasteiger partial charge < -0.3 is 4.74 Å². The van der Waals surface area contributed by atoms with Crippen LogP contribution in [0.1, 0.15) is 35.1 Å². The van der Waals surface area contributed by atoms with Crippen molar-refractivity contribution in [1.29, 1.82) is 0 Å². The number of allylic oxidation sites excluding steroid dienone is 4. The SMILES string of the molecule is CC12C=CC=CC1c1c(-c3cccc4c3-c3cccc5cccc(c35)O4)cccc1C2(c1ccccc1)c1ccccc1. The summed E-state index contributed by atoms with van der Waals surface area (Å²) < 4.78 is 6.61. The van der Waals surface area contributed by atoms with Gasteiger partial charge >= 0.3 is 0 Å². The third-order valence-corrected chi connectivity index (χ3v) is 10.2. The molecule has 2 unspecified atom stereocenters. The fourth-order valence-corrected chi connectivity index (χ4v) is 8.55. The monoisotopic (exact) mass is 550 g/mol. The van der Waals surface area contributed by atoms with E-state index in [0.717, 1.165) is 11.5 Å². The van der Waals surface area contributed by atoms with Crippen molar-refractivity contribution in [3.8, 4) is 33.8 Å². The molecule has 0 saturated heterocycles. The maximum Gasteiger partial charge on any atom is 0.135 e. The van der Waals surface area contributed by atoms with Gasteiger partial charge in [-0.25, -0.2) is 0 Å². The van der Waals surface area contributed by atoms with Gasteiger partial charge in [0.05, 0.1) is 5.41 Å². The topological polar surface area (TPSA) is 9.23 Å². The Labute approximate surface area is 252 Å². The van der Waals surface area contributed by atoms with Gasteiger partial charge in [-0.05, 0) is 56.5 Å². The molecule has 6 aromatic carbocycles. The zero-order chi connectivity index (χ0) is 28.6. The molecule has 3 aliphatic rings. The van der Waals surface area contributed by atoms with Crippen molar-refractivity contribution >= 4 is 10.8 Å². The number of rotatable bonds is 3. The Kier molecular flexibility index (Phi) is 5.08. The van der Waals surface area contributed by atoms with E-state index in [-0.39, 0.29) is 16.7 Å². The molecule has 43 heavy (non-hydrogen) atoms. The molecular formula is C42H30O. The fourth-order valence-electron chi connectivity index (χ4n) is 8.55. The predicted octanol–water partition coefficient (Wildman–Crippen LogP) is 10.8. The second kappa shape index (κ2) is 8.93. The van der Waals surface area contributed by atoms with E-state index in [1.165, 1.54) is 55.3 Å². The highest BCUT2D eigenvalue weighted by molar-refractivity contribution is 6.07. The lowest BCUT2D eigenvalue weighted by atomic mass is 9.54. The van der Waals surface area contributed by atoms with Crippen LogP contribution in [0.25, 0.3) is 33.0 Å². The van der Waals surface area contributed by atoms with Gasteiger partial charge in [0.15, 0.2) is 0 Å². The molecule has 0 fully saturated rings. The summed E-state index contributed by atoms with van der Waals surface area (Å²) in [6.45, 7) is 2.46. The van der Waals surface area contributed by atoms with Gasteiger partial charge in [-0.15, -0.1) is 0 Å². The highest BCUT2D eigenvalue weighted by Gasteiger charge is 2.61. The first-order valence-corrected chi connectivity index (χ1v) is 15.2. The molecule has 1 nitrogen and oxygen atoms in total. The molecule has 204 valence electrons. The number of benzene rings is 6. The lowest BCUT2D eigenvalue weighted by Gasteiger charge is -2.47. The molecule has 1 heteroatoms. The van der Waals surface area contributed by atoms with E-state index in [1.54, 1.807) is 0 Å². The van der Waals surface area contributed by atoms with Crippen LogP contribution < -0.4 is 4.74 Å². The van der Waals surface area contributed by atoms with Gasteiger partial charge in [-0.3, -0.25) is 0 Å². The van der Waals surface area contributed by atoms with Crippen molar-refractivity contribution in [3.63, 3.8) is 0 Å². The summed E-state index contributed by atoms with van der Waals surface area (Å²) in [5.41, 5.74) is 9.73. The lowest BCUT2D eigenvalue weighted by Crippen LogP contribution is -2.43. The Bertz CT molecular complexity index is 2070. The Balaban J connectivity index is 1.40. The van der Waals surface area contributed by atoms with Crippen LogP contribution in [0.4, 0.5) is 0 Å². The van der Waals surface area contributed by atoms with Crippen LogP contribution in [0.15, 0.2) is 158 Å². The summed E-state index contributed by atoms with van der Waals surface area (Å²) in [5, 5.41) is 2.39. The molecule has 0 N–H and O–H groups in total. The van der Waals surface area contributed by atoms with Gasteiger partial charge in [0.25, 0.3) is 0 Å². The number of hydrogen-bond donors (Lipinski definition) is 0. The quantitative estimate of drug-likeness (QED) is 0.213. The Morgan fingerprint density at radius 1 is 0.558 bits per heavy atom. The molecule has 1 heterocycles. The van der Waals surface area contributed by atoms with Crippen molar-refractivity contribution in [2.45, 2.75) is 18.3 Å². The molecule has 0 aromatic heterocycles. The van der Waals surface area contributed by atoms with Crippen LogP contribution in [0.2, 0.25) is 0 Å². The molecule has 6 aromatic rings. The van der Waals surface area contributed by atoms with E-state index in [1.807, 2.05) is 0 Å². The maximum absolute atomic E-state index is 6.61. The summed E-state index contributed by atoms with van der Waals surface area (Å²) in [6, 6.07) is 48.7. The minimum atomic E-state index is -0.370. The molecular weight excluding hydrogens is 520 g/mol. The Morgan fingerprint density at radius 2 is 1.19 bits per heavy atom. The van der Waals surface area contributed by atoms with Gasteiger partial charge in [0.2, 0.25) is 0 Å². The average molecular weight is 551 g/mol. The summed E-state index contributed by atoms with van der Waals surface area (Å²) in [5.74, 6) is 2.03. The third-order valence-electron chi connectivity index (χ3n) is 10.2. The first-order chi connectivity index (χ1) is 21.2. The van der Waals surface area contributed by atoms with Crippen LogP contribution in [0.5, 0.6) is 11.5 Å². The Hall–Kier alpha value is -5.14. The van der Waals surface area contributed by atoms with Gasteiger partial charge in [0, 0.05) is 22.3 Å². The minimum Gasteiger partial charge on any atom is -0.456 e. The lowest BCUT2D eigenvalue weighted by molar-refractivity contribution is 0.289. The van der Waals surface area contributed by atoms with Crippen LogP contribution in [0.3, 0.4) is 0 Å². The Morgan fingerprint density at radius 3 is 1.95 bits per heavy atom. The second-order valence-electron chi connectivity index (χ2n) is 12.2. The molecule has 2 aliphatic carbocycles. The third kappa shape index (κ3) is 3.12. The summed E-state index contributed by atoms with van der Waals surface area (Å²) in [7, 11) is 0. The first kappa shape index (κ1) is 24.5.